The fourth-order valence-electron chi connectivity index (χ4n) is 3.76. The van der Waals surface area contributed by atoms with E-state index in [2.05, 4.69) is 0 Å². The molecule has 0 aliphatic heterocycles. The average Bonchev–Trinajstić information content (AvgIpc) is 2.43. The first kappa shape index (κ1) is 14.5. The smallest absolute Gasteiger partial charge is 0.319 e. The second-order valence-corrected chi connectivity index (χ2v) is 6.14. The Hall–Kier alpha value is -0.860. The summed E-state index contributed by atoms with van der Waals surface area (Å²) < 4.78 is 5.24. The molecule has 0 amide bonds. The molecule has 19 heavy (non-hydrogen) atoms. The van der Waals surface area contributed by atoms with Gasteiger partial charge < -0.3 is 4.74 Å². The molecule has 3 heteroatoms. The molecule has 0 aromatic heterocycles. The number of hydrogen-bond donors (Lipinski definition) is 0. The Kier molecular flexibility index (Phi) is 5.00. The van der Waals surface area contributed by atoms with Crippen molar-refractivity contribution in [3.63, 3.8) is 0 Å². The summed E-state index contributed by atoms with van der Waals surface area (Å²) in [4.78, 5) is 24.8. The van der Waals surface area contributed by atoms with E-state index in [1.807, 2.05) is 6.92 Å². The van der Waals surface area contributed by atoms with Crippen LogP contribution in [0.1, 0.15) is 71.1 Å². The molecule has 108 valence electrons. The molecule has 0 spiro atoms. The van der Waals surface area contributed by atoms with E-state index in [0.717, 1.165) is 19.3 Å². The van der Waals surface area contributed by atoms with E-state index in [4.69, 9.17) is 4.74 Å². The fraction of sp³-hybridized carbons (Fsp3) is 0.875. The van der Waals surface area contributed by atoms with E-state index in [1.54, 1.807) is 0 Å². The van der Waals surface area contributed by atoms with Gasteiger partial charge in [0.25, 0.3) is 0 Å². The molecule has 0 saturated heterocycles. The maximum atomic E-state index is 12.4. The van der Waals surface area contributed by atoms with Crippen LogP contribution < -0.4 is 0 Å². The molecule has 1 atom stereocenters. The Bertz CT molecular complexity index is 331. The van der Waals surface area contributed by atoms with Crippen LogP contribution in [0.4, 0.5) is 0 Å². The van der Waals surface area contributed by atoms with E-state index in [-0.39, 0.29) is 11.8 Å². The lowest BCUT2D eigenvalue weighted by molar-refractivity contribution is -0.164. The lowest BCUT2D eigenvalue weighted by atomic mass is 9.66. The minimum Gasteiger partial charge on any atom is -0.465 e. The second kappa shape index (κ2) is 6.53. The number of Topliss-reactive ketones (excluding diaryl/α,β-unsaturated/α-hetero) is 1. The van der Waals surface area contributed by atoms with Crippen LogP contribution in [-0.4, -0.2) is 18.4 Å². The van der Waals surface area contributed by atoms with Gasteiger partial charge in [0.05, 0.1) is 6.61 Å². The number of hydrogen-bond acceptors (Lipinski definition) is 3. The van der Waals surface area contributed by atoms with E-state index in [9.17, 15) is 9.59 Å². The van der Waals surface area contributed by atoms with Crippen LogP contribution in [-0.2, 0) is 14.3 Å². The van der Waals surface area contributed by atoms with Crippen molar-refractivity contribution in [2.24, 2.45) is 11.3 Å². The first-order chi connectivity index (χ1) is 9.19. The van der Waals surface area contributed by atoms with Gasteiger partial charge in [0.15, 0.2) is 0 Å². The van der Waals surface area contributed by atoms with Crippen molar-refractivity contribution in [3.05, 3.63) is 0 Å². The largest absolute Gasteiger partial charge is 0.465 e. The molecule has 1 unspecified atom stereocenters. The predicted molar refractivity (Wildman–Crippen MR) is 73.7 cm³/mol. The van der Waals surface area contributed by atoms with Gasteiger partial charge in [-0.05, 0) is 32.1 Å². The van der Waals surface area contributed by atoms with Crippen molar-refractivity contribution in [1.82, 2.24) is 0 Å². The SMILES string of the molecule is CCOC(=O)C1(CC2CCCCC2)CCCCC1=O. The third kappa shape index (κ3) is 3.18. The molecule has 2 fully saturated rings. The molecular weight excluding hydrogens is 240 g/mol. The lowest BCUT2D eigenvalue weighted by Crippen LogP contribution is -2.44. The number of carbonyl (C=O) groups excluding carboxylic acids is 2. The van der Waals surface area contributed by atoms with E-state index < -0.39 is 5.41 Å². The van der Waals surface area contributed by atoms with Crippen LogP contribution >= 0.6 is 0 Å². The van der Waals surface area contributed by atoms with E-state index >= 15 is 0 Å². The van der Waals surface area contributed by atoms with Gasteiger partial charge in [-0.2, -0.15) is 0 Å². The van der Waals surface area contributed by atoms with Crippen molar-refractivity contribution >= 4 is 11.8 Å². The summed E-state index contributed by atoms with van der Waals surface area (Å²) in [5, 5.41) is 0. The van der Waals surface area contributed by atoms with Gasteiger partial charge >= 0.3 is 5.97 Å². The van der Waals surface area contributed by atoms with E-state index in [0.29, 0.717) is 25.4 Å². The Morgan fingerprint density at radius 3 is 2.58 bits per heavy atom. The van der Waals surface area contributed by atoms with E-state index in [1.165, 1.54) is 32.1 Å². The van der Waals surface area contributed by atoms with Gasteiger partial charge in [0, 0.05) is 6.42 Å². The third-order valence-corrected chi connectivity index (χ3v) is 4.82. The molecule has 2 aliphatic rings. The molecule has 2 saturated carbocycles. The standard InChI is InChI=1S/C16H26O3/c1-2-19-15(18)16(11-7-6-10-14(16)17)12-13-8-4-3-5-9-13/h13H,2-12H2,1H3. The molecule has 0 radical (unpaired) electrons. The number of esters is 1. The number of ether oxygens (including phenoxy) is 1. The van der Waals surface area contributed by atoms with Crippen molar-refractivity contribution in [1.29, 1.82) is 0 Å². The second-order valence-electron chi connectivity index (χ2n) is 6.14. The summed E-state index contributed by atoms with van der Waals surface area (Å²) in [5.74, 6) is 0.438. The highest BCUT2D eigenvalue weighted by Gasteiger charge is 2.48. The molecule has 0 heterocycles. The summed E-state index contributed by atoms with van der Waals surface area (Å²) in [7, 11) is 0. The van der Waals surface area contributed by atoms with Gasteiger partial charge in [-0.25, -0.2) is 0 Å². The van der Waals surface area contributed by atoms with Crippen LogP contribution in [0, 0.1) is 11.3 Å². The Balaban J connectivity index is 2.12. The third-order valence-electron chi connectivity index (χ3n) is 4.82. The Morgan fingerprint density at radius 2 is 1.95 bits per heavy atom. The van der Waals surface area contributed by atoms with Crippen LogP contribution in [0.25, 0.3) is 0 Å². The summed E-state index contributed by atoms with van der Waals surface area (Å²) in [6.45, 7) is 2.19. The van der Waals surface area contributed by atoms with Crippen molar-refractivity contribution < 1.29 is 14.3 Å². The van der Waals surface area contributed by atoms with Crippen molar-refractivity contribution in [2.75, 3.05) is 6.61 Å². The molecule has 2 aliphatic carbocycles. The summed E-state index contributed by atoms with van der Waals surface area (Å²) >= 11 is 0. The van der Waals surface area contributed by atoms with Gasteiger partial charge in [-0.3, -0.25) is 9.59 Å². The first-order valence-corrected chi connectivity index (χ1v) is 7.89. The maximum absolute atomic E-state index is 12.4. The highest BCUT2D eigenvalue weighted by Crippen LogP contribution is 2.43. The first-order valence-electron chi connectivity index (χ1n) is 7.89. The van der Waals surface area contributed by atoms with Crippen LogP contribution in [0.3, 0.4) is 0 Å². The maximum Gasteiger partial charge on any atom is 0.319 e. The van der Waals surface area contributed by atoms with Gasteiger partial charge in [0.1, 0.15) is 11.2 Å². The summed E-state index contributed by atoms with van der Waals surface area (Å²) in [5.41, 5.74) is -0.795. The van der Waals surface area contributed by atoms with Crippen molar-refractivity contribution in [2.45, 2.75) is 71.1 Å². The highest BCUT2D eigenvalue weighted by molar-refractivity contribution is 6.04. The van der Waals surface area contributed by atoms with Gasteiger partial charge in [0.2, 0.25) is 0 Å². The molecule has 3 nitrogen and oxygen atoms in total. The van der Waals surface area contributed by atoms with Crippen LogP contribution in [0.15, 0.2) is 0 Å². The number of carbonyl (C=O) groups is 2. The number of rotatable bonds is 4. The Morgan fingerprint density at radius 1 is 1.21 bits per heavy atom. The lowest BCUT2D eigenvalue weighted by Gasteiger charge is -2.37. The quantitative estimate of drug-likeness (QED) is 0.576. The minimum atomic E-state index is -0.795. The average molecular weight is 266 g/mol. The summed E-state index contributed by atoms with van der Waals surface area (Å²) in [6, 6.07) is 0. The zero-order chi connectivity index (χ0) is 13.7. The molecule has 0 bridgehead atoms. The monoisotopic (exact) mass is 266 g/mol. The zero-order valence-electron chi connectivity index (χ0n) is 12.1. The molecular formula is C16H26O3. The Labute approximate surface area is 116 Å². The molecule has 0 N–H and O–H groups in total. The normalized spacial score (nSPS) is 29.2. The molecule has 0 aromatic rings. The predicted octanol–water partition coefficient (Wildman–Crippen LogP) is 3.65. The minimum absolute atomic E-state index is 0.141. The zero-order valence-corrected chi connectivity index (χ0v) is 12.1. The van der Waals surface area contributed by atoms with Crippen molar-refractivity contribution in [3.8, 4) is 0 Å². The van der Waals surface area contributed by atoms with Crippen LogP contribution in [0.2, 0.25) is 0 Å². The van der Waals surface area contributed by atoms with Gasteiger partial charge in [-0.1, -0.05) is 38.5 Å². The van der Waals surface area contributed by atoms with Gasteiger partial charge in [-0.15, -0.1) is 0 Å². The van der Waals surface area contributed by atoms with Crippen LogP contribution in [0.5, 0.6) is 0 Å². The number of ketones is 1. The summed E-state index contributed by atoms with van der Waals surface area (Å²) in [6.07, 6.45) is 10.1. The topological polar surface area (TPSA) is 43.4 Å². The molecule has 2 rings (SSSR count). The fourth-order valence-corrected chi connectivity index (χ4v) is 3.76. The highest BCUT2D eigenvalue weighted by atomic mass is 16.5. The molecule has 0 aromatic carbocycles.